The van der Waals surface area contributed by atoms with Crippen LogP contribution in [0.1, 0.15) is 19.2 Å². The van der Waals surface area contributed by atoms with Gasteiger partial charge < -0.3 is 15.0 Å². The van der Waals surface area contributed by atoms with Crippen molar-refractivity contribution in [3.8, 4) is 17.1 Å². The molecule has 2 aromatic rings. The summed E-state index contributed by atoms with van der Waals surface area (Å²) in [6.07, 6.45) is 1.71. The van der Waals surface area contributed by atoms with E-state index < -0.39 is 0 Å². The van der Waals surface area contributed by atoms with Gasteiger partial charge in [0.1, 0.15) is 5.75 Å². The highest BCUT2D eigenvalue weighted by atomic mass is 16.5. The molecule has 0 aliphatic carbocycles. The Balaban J connectivity index is 2.07. The van der Waals surface area contributed by atoms with Crippen LogP contribution in [0.15, 0.2) is 28.8 Å². The first-order valence-corrected chi connectivity index (χ1v) is 6.40. The minimum absolute atomic E-state index is 0.465. The van der Waals surface area contributed by atoms with Crippen molar-refractivity contribution in [3.05, 3.63) is 30.2 Å². The molecule has 1 heterocycles. The Morgan fingerprint density at radius 1 is 1.42 bits per heavy atom. The number of hydrogen-bond acceptors (Lipinski definition) is 5. The van der Waals surface area contributed by atoms with Gasteiger partial charge in [-0.25, -0.2) is 0 Å². The van der Waals surface area contributed by atoms with Gasteiger partial charge in [-0.05, 0) is 31.0 Å². The van der Waals surface area contributed by atoms with Crippen LogP contribution in [0.5, 0.6) is 5.75 Å². The van der Waals surface area contributed by atoms with E-state index in [-0.39, 0.29) is 0 Å². The fraction of sp³-hybridized carbons (Fsp3) is 0.429. The Morgan fingerprint density at radius 3 is 3.00 bits per heavy atom. The summed E-state index contributed by atoms with van der Waals surface area (Å²) in [7, 11) is 1.63. The van der Waals surface area contributed by atoms with E-state index in [1.54, 1.807) is 7.11 Å². The maximum absolute atomic E-state index is 5.58. The van der Waals surface area contributed by atoms with Crippen molar-refractivity contribution in [2.24, 2.45) is 11.7 Å². The lowest BCUT2D eigenvalue weighted by Crippen LogP contribution is -2.11. The minimum atomic E-state index is 0.465. The highest BCUT2D eigenvalue weighted by Crippen LogP contribution is 2.21. The highest BCUT2D eigenvalue weighted by Gasteiger charge is 2.10. The minimum Gasteiger partial charge on any atom is -0.497 e. The maximum Gasteiger partial charge on any atom is 0.226 e. The van der Waals surface area contributed by atoms with Gasteiger partial charge >= 0.3 is 0 Å². The van der Waals surface area contributed by atoms with Crippen LogP contribution in [0.25, 0.3) is 11.4 Å². The number of ether oxygens (including phenoxy) is 1. The summed E-state index contributed by atoms with van der Waals surface area (Å²) in [6, 6.07) is 7.60. The summed E-state index contributed by atoms with van der Waals surface area (Å²) in [4.78, 5) is 4.39. The molecule has 0 radical (unpaired) electrons. The number of benzene rings is 1. The summed E-state index contributed by atoms with van der Waals surface area (Å²) in [5.74, 6) is 2.49. The van der Waals surface area contributed by atoms with Gasteiger partial charge in [0.05, 0.1) is 7.11 Å². The molecular formula is C14H19N3O2. The molecule has 0 bridgehead atoms. The van der Waals surface area contributed by atoms with Crippen LogP contribution in [0.2, 0.25) is 0 Å². The topological polar surface area (TPSA) is 74.2 Å². The number of aryl methyl sites for hydroxylation is 1. The van der Waals surface area contributed by atoms with Crippen LogP contribution < -0.4 is 10.5 Å². The molecule has 5 heteroatoms. The summed E-state index contributed by atoms with van der Waals surface area (Å²) in [5, 5.41) is 3.99. The second-order valence-corrected chi connectivity index (χ2v) is 4.62. The van der Waals surface area contributed by atoms with Crippen LogP contribution in [-0.4, -0.2) is 23.8 Å². The Kier molecular flexibility index (Phi) is 4.52. The molecule has 102 valence electrons. The van der Waals surface area contributed by atoms with Crippen molar-refractivity contribution >= 4 is 0 Å². The molecule has 0 aliphatic rings. The second-order valence-electron chi connectivity index (χ2n) is 4.62. The molecule has 1 unspecified atom stereocenters. The Bertz CT molecular complexity index is 525. The molecule has 0 saturated heterocycles. The van der Waals surface area contributed by atoms with E-state index in [4.69, 9.17) is 15.0 Å². The van der Waals surface area contributed by atoms with Gasteiger partial charge in [0.15, 0.2) is 0 Å². The quantitative estimate of drug-likeness (QED) is 0.863. The first-order chi connectivity index (χ1) is 9.22. The van der Waals surface area contributed by atoms with Crippen LogP contribution in [0, 0.1) is 5.92 Å². The van der Waals surface area contributed by atoms with E-state index in [1.165, 1.54) is 0 Å². The van der Waals surface area contributed by atoms with E-state index in [2.05, 4.69) is 17.1 Å². The zero-order valence-corrected chi connectivity index (χ0v) is 11.3. The first-order valence-electron chi connectivity index (χ1n) is 6.40. The molecule has 0 saturated carbocycles. The van der Waals surface area contributed by atoms with Crippen molar-refractivity contribution in [2.45, 2.75) is 19.8 Å². The lowest BCUT2D eigenvalue weighted by Gasteiger charge is -2.04. The number of rotatable bonds is 6. The van der Waals surface area contributed by atoms with E-state index in [0.29, 0.717) is 24.2 Å². The molecule has 19 heavy (non-hydrogen) atoms. The fourth-order valence-electron chi connectivity index (χ4n) is 1.72. The number of nitrogens with zero attached hydrogens (tertiary/aromatic N) is 2. The molecule has 0 amide bonds. The highest BCUT2D eigenvalue weighted by molar-refractivity contribution is 5.56. The third-order valence-electron chi connectivity index (χ3n) is 3.05. The maximum atomic E-state index is 5.58. The Morgan fingerprint density at radius 2 is 2.26 bits per heavy atom. The number of hydrogen-bond donors (Lipinski definition) is 1. The van der Waals surface area contributed by atoms with Crippen LogP contribution in [-0.2, 0) is 6.42 Å². The van der Waals surface area contributed by atoms with Gasteiger partial charge in [0.2, 0.25) is 11.7 Å². The van der Waals surface area contributed by atoms with Crippen molar-refractivity contribution in [1.29, 1.82) is 0 Å². The van der Waals surface area contributed by atoms with Gasteiger partial charge in [-0.15, -0.1) is 0 Å². The molecule has 0 spiro atoms. The number of methoxy groups -OCH3 is 1. The van der Waals surface area contributed by atoms with Crippen molar-refractivity contribution < 1.29 is 9.26 Å². The third kappa shape index (κ3) is 3.54. The predicted octanol–water partition coefficient (Wildman–Crippen LogP) is 2.27. The average Bonchev–Trinajstić information content (AvgIpc) is 2.93. The average molecular weight is 261 g/mol. The predicted molar refractivity (Wildman–Crippen MR) is 72.8 cm³/mol. The molecule has 1 aromatic carbocycles. The Labute approximate surface area is 112 Å². The van der Waals surface area contributed by atoms with Crippen molar-refractivity contribution in [2.75, 3.05) is 13.7 Å². The molecule has 0 aliphatic heterocycles. The van der Waals surface area contributed by atoms with E-state index in [1.807, 2.05) is 24.3 Å². The van der Waals surface area contributed by atoms with Gasteiger partial charge in [0, 0.05) is 12.0 Å². The van der Waals surface area contributed by atoms with Crippen molar-refractivity contribution in [1.82, 2.24) is 10.1 Å². The molecule has 2 rings (SSSR count). The van der Waals surface area contributed by atoms with E-state index in [9.17, 15) is 0 Å². The summed E-state index contributed by atoms with van der Waals surface area (Å²) in [5.41, 5.74) is 6.47. The van der Waals surface area contributed by atoms with Gasteiger partial charge in [-0.2, -0.15) is 4.98 Å². The molecular weight excluding hydrogens is 242 g/mol. The molecule has 5 nitrogen and oxygen atoms in total. The van der Waals surface area contributed by atoms with Crippen molar-refractivity contribution in [3.63, 3.8) is 0 Å². The lowest BCUT2D eigenvalue weighted by atomic mass is 10.1. The smallest absolute Gasteiger partial charge is 0.226 e. The third-order valence-corrected chi connectivity index (χ3v) is 3.05. The summed E-state index contributed by atoms with van der Waals surface area (Å²) >= 11 is 0. The summed E-state index contributed by atoms with van der Waals surface area (Å²) in [6.45, 7) is 2.79. The lowest BCUT2D eigenvalue weighted by molar-refractivity contribution is 0.366. The zero-order valence-electron chi connectivity index (χ0n) is 11.3. The van der Waals surface area contributed by atoms with Crippen LogP contribution in [0.4, 0.5) is 0 Å². The molecule has 2 N–H and O–H groups in total. The van der Waals surface area contributed by atoms with Gasteiger partial charge in [-0.3, -0.25) is 0 Å². The molecule has 0 fully saturated rings. The van der Waals surface area contributed by atoms with Crippen LogP contribution >= 0.6 is 0 Å². The molecule has 1 aromatic heterocycles. The Hall–Kier alpha value is -1.88. The van der Waals surface area contributed by atoms with E-state index >= 15 is 0 Å². The largest absolute Gasteiger partial charge is 0.497 e. The standard InChI is InChI=1S/C14H19N3O2/c1-10(9-15)6-7-13-16-14(17-19-13)11-4-3-5-12(8-11)18-2/h3-5,8,10H,6-7,9,15H2,1-2H3. The summed E-state index contributed by atoms with van der Waals surface area (Å²) < 4.78 is 10.4. The monoisotopic (exact) mass is 261 g/mol. The van der Waals surface area contributed by atoms with Crippen LogP contribution in [0.3, 0.4) is 0 Å². The van der Waals surface area contributed by atoms with Gasteiger partial charge in [-0.1, -0.05) is 24.2 Å². The first kappa shape index (κ1) is 13.5. The SMILES string of the molecule is COc1cccc(-c2noc(CCC(C)CN)n2)c1. The zero-order chi connectivity index (χ0) is 13.7. The normalized spacial score (nSPS) is 12.4. The molecule has 1 atom stereocenters. The van der Waals surface area contributed by atoms with E-state index in [0.717, 1.165) is 24.2 Å². The number of nitrogens with two attached hydrogens (primary N) is 1. The second kappa shape index (κ2) is 6.33. The number of aromatic nitrogens is 2. The fourth-order valence-corrected chi connectivity index (χ4v) is 1.72. The van der Waals surface area contributed by atoms with Gasteiger partial charge in [0.25, 0.3) is 0 Å².